The lowest BCUT2D eigenvalue weighted by molar-refractivity contribution is 0.0342. The highest BCUT2D eigenvalue weighted by Crippen LogP contribution is 2.09. The van der Waals surface area contributed by atoms with Gasteiger partial charge >= 0.3 is 0 Å². The van der Waals surface area contributed by atoms with Gasteiger partial charge in [-0.1, -0.05) is 30.3 Å². The van der Waals surface area contributed by atoms with Crippen molar-refractivity contribution in [3.8, 4) is 0 Å². The minimum absolute atomic E-state index is 0.143. The smallest absolute Gasteiger partial charge is 0.270 e. The minimum atomic E-state index is -0.143. The summed E-state index contributed by atoms with van der Waals surface area (Å²) in [7, 11) is 0. The first kappa shape index (κ1) is 16.6. The largest absolute Gasteiger partial charge is 0.379 e. The number of nitrogens with zero attached hydrogens (tertiary/aromatic N) is 2. The summed E-state index contributed by atoms with van der Waals surface area (Å²) in [4.78, 5) is 18.7. The van der Waals surface area contributed by atoms with Crippen molar-refractivity contribution >= 4 is 5.91 Å². The fourth-order valence-electron chi connectivity index (χ4n) is 2.72. The number of morpholine rings is 1. The van der Waals surface area contributed by atoms with Crippen molar-refractivity contribution in [2.24, 2.45) is 0 Å². The highest BCUT2D eigenvalue weighted by atomic mass is 16.5. The Hall–Kier alpha value is -2.24. The van der Waals surface area contributed by atoms with E-state index in [0.717, 1.165) is 44.1 Å². The maximum absolute atomic E-state index is 12.1. The summed E-state index contributed by atoms with van der Waals surface area (Å²) in [6.45, 7) is 6.94. The van der Waals surface area contributed by atoms with Crippen molar-refractivity contribution in [1.29, 1.82) is 0 Å². The summed E-state index contributed by atoms with van der Waals surface area (Å²) in [5, 5.41) is 2.91. The van der Waals surface area contributed by atoms with E-state index in [2.05, 4.69) is 39.5 Å². The lowest BCUT2D eigenvalue weighted by Gasteiger charge is -2.26. The zero-order chi connectivity index (χ0) is 16.8. The monoisotopic (exact) mass is 325 g/mol. The van der Waals surface area contributed by atoms with Crippen LogP contribution in [0.2, 0.25) is 0 Å². The van der Waals surface area contributed by atoms with Gasteiger partial charge in [-0.15, -0.1) is 0 Å². The number of aromatic nitrogens is 1. The van der Waals surface area contributed by atoms with Crippen LogP contribution in [0.1, 0.15) is 27.3 Å². The summed E-state index contributed by atoms with van der Waals surface area (Å²) in [5.74, 6) is -0.143. The normalized spacial score (nSPS) is 15.2. The fraction of sp³-hybridized carbons (Fsp3) is 0.368. The highest BCUT2D eigenvalue weighted by molar-refractivity contribution is 5.92. The van der Waals surface area contributed by atoms with Crippen LogP contribution in [0.5, 0.6) is 0 Å². The second kappa shape index (κ2) is 8.04. The van der Waals surface area contributed by atoms with E-state index in [9.17, 15) is 4.79 Å². The second-order valence-corrected chi connectivity index (χ2v) is 6.05. The molecule has 1 aliphatic heterocycles. The van der Waals surface area contributed by atoms with Gasteiger partial charge in [0.25, 0.3) is 5.91 Å². The topological polar surface area (TPSA) is 54.5 Å². The van der Waals surface area contributed by atoms with Crippen LogP contribution in [0.25, 0.3) is 0 Å². The number of ether oxygens (including phenoxy) is 1. The number of aryl methyl sites for hydroxylation is 1. The van der Waals surface area contributed by atoms with E-state index in [0.29, 0.717) is 12.2 Å². The van der Waals surface area contributed by atoms with E-state index in [1.165, 1.54) is 5.56 Å². The molecule has 5 heteroatoms. The number of benzene rings is 1. The number of hydrogen-bond acceptors (Lipinski definition) is 4. The first-order valence-corrected chi connectivity index (χ1v) is 8.30. The van der Waals surface area contributed by atoms with Crippen LogP contribution in [-0.2, 0) is 17.8 Å². The molecule has 1 fully saturated rings. The molecule has 2 aromatic rings. The molecular formula is C19H23N3O2. The zero-order valence-electron chi connectivity index (χ0n) is 14.0. The number of carbonyl (C=O) groups is 1. The second-order valence-electron chi connectivity index (χ2n) is 6.05. The number of rotatable bonds is 5. The van der Waals surface area contributed by atoms with E-state index in [-0.39, 0.29) is 5.91 Å². The predicted molar refractivity (Wildman–Crippen MR) is 92.7 cm³/mol. The average Bonchev–Trinajstić information content (AvgIpc) is 2.62. The van der Waals surface area contributed by atoms with E-state index in [1.807, 2.05) is 19.1 Å². The van der Waals surface area contributed by atoms with Crippen LogP contribution in [0, 0.1) is 6.92 Å². The molecule has 0 unspecified atom stereocenters. The van der Waals surface area contributed by atoms with Crippen LogP contribution >= 0.6 is 0 Å². The van der Waals surface area contributed by atoms with Gasteiger partial charge in [0.1, 0.15) is 5.69 Å². The lowest BCUT2D eigenvalue weighted by Crippen LogP contribution is -2.35. The first-order chi connectivity index (χ1) is 11.7. The van der Waals surface area contributed by atoms with E-state index in [4.69, 9.17) is 4.74 Å². The number of carbonyl (C=O) groups excluding carboxylic acids is 1. The standard InChI is InChI=1S/C19H23N3O2/c1-15-3-2-4-18(21-15)19(23)20-13-16-5-7-17(8-6-16)14-22-9-11-24-12-10-22/h2-8H,9-14H2,1H3,(H,20,23). The van der Waals surface area contributed by atoms with Crippen LogP contribution < -0.4 is 5.32 Å². The van der Waals surface area contributed by atoms with Gasteiger partial charge in [-0.2, -0.15) is 0 Å². The van der Waals surface area contributed by atoms with Gasteiger partial charge in [-0.3, -0.25) is 9.69 Å². The molecule has 3 rings (SSSR count). The molecule has 1 aromatic carbocycles. The molecule has 1 saturated heterocycles. The van der Waals surface area contributed by atoms with Crippen LogP contribution in [0.15, 0.2) is 42.5 Å². The molecule has 0 bridgehead atoms. The molecule has 126 valence electrons. The van der Waals surface area contributed by atoms with E-state index in [1.54, 1.807) is 6.07 Å². The zero-order valence-corrected chi connectivity index (χ0v) is 14.0. The van der Waals surface area contributed by atoms with E-state index >= 15 is 0 Å². The highest BCUT2D eigenvalue weighted by Gasteiger charge is 2.11. The third-order valence-corrected chi connectivity index (χ3v) is 4.11. The summed E-state index contributed by atoms with van der Waals surface area (Å²) < 4.78 is 5.37. The number of pyridine rings is 1. The van der Waals surface area contributed by atoms with Gasteiger partial charge in [0.15, 0.2) is 0 Å². The Kier molecular flexibility index (Phi) is 5.56. The maximum Gasteiger partial charge on any atom is 0.270 e. The Labute approximate surface area is 142 Å². The molecule has 24 heavy (non-hydrogen) atoms. The van der Waals surface area contributed by atoms with Gasteiger partial charge in [0.05, 0.1) is 13.2 Å². The summed E-state index contributed by atoms with van der Waals surface area (Å²) >= 11 is 0. The Morgan fingerprint density at radius 3 is 2.54 bits per heavy atom. The molecule has 2 heterocycles. The van der Waals surface area contributed by atoms with Crippen molar-refractivity contribution in [3.05, 3.63) is 65.0 Å². The van der Waals surface area contributed by atoms with Crippen molar-refractivity contribution in [1.82, 2.24) is 15.2 Å². The molecule has 1 amide bonds. The van der Waals surface area contributed by atoms with Gasteiger partial charge in [-0.25, -0.2) is 4.98 Å². The SMILES string of the molecule is Cc1cccc(C(=O)NCc2ccc(CN3CCOCC3)cc2)n1. The molecule has 1 N–H and O–H groups in total. The van der Waals surface area contributed by atoms with Gasteiger partial charge < -0.3 is 10.1 Å². The molecule has 0 saturated carbocycles. The molecular weight excluding hydrogens is 302 g/mol. The molecule has 5 nitrogen and oxygen atoms in total. The van der Waals surface area contributed by atoms with Crippen LogP contribution in [-0.4, -0.2) is 42.1 Å². The van der Waals surface area contributed by atoms with Crippen molar-refractivity contribution in [3.63, 3.8) is 0 Å². The summed E-state index contributed by atoms with van der Waals surface area (Å²) in [6.07, 6.45) is 0. The summed E-state index contributed by atoms with van der Waals surface area (Å²) in [5.41, 5.74) is 3.67. The molecule has 0 aliphatic carbocycles. The van der Waals surface area contributed by atoms with Crippen LogP contribution in [0.4, 0.5) is 0 Å². The minimum Gasteiger partial charge on any atom is -0.379 e. The predicted octanol–water partition coefficient (Wildman–Crippen LogP) is 2.15. The lowest BCUT2D eigenvalue weighted by atomic mass is 10.1. The Bertz CT molecular complexity index is 679. The van der Waals surface area contributed by atoms with E-state index < -0.39 is 0 Å². The van der Waals surface area contributed by atoms with Crippen molar-refractivity contribution in [2.45, 2.75) is 20.0 Å². The van der Waals surface area contributed by atoms with Gasteiger partial charge in [-0.05, 0) is 30.2 Å². The number of nitrogens with one attached hydrogen (secondary N) is 1. The number of hydrogen-bond donors (Lipinski definition) is 1. The molecule has 0 radical (unpaired) electrons. The third-order valence-electron chi connectivity index (χ3n) is 4.11. The fourth-order valence-corrected chi connectivity index (χ4v) is 2.72. The third kappa shape index (κ3) is 4.63. The van der Waals surface area contributed by atoms with Crippen molar-refractivity contribution in [2.75, 3.05) is 26.3 Å². The van der Waals surface area contributed by atoms with Gasteiger partial charge in [0.2, 0.25) is 0 Å². The summed E-state index contributed by atoms with van der Waals surface area (Å²) in [6, 6.07) is 13.8. The Morgan fingerprint density at radius 2 is 1.83 bits per heavy atom. The van der Waals surface area contributed by atoms with Gasteiger partial charge in [0, 0.05) is 31.9 Å². The Morgan fingerprint density at radius 1 is 1.12 bits per heavy atom. The van der Waals surface area contributed by atoms with Crippen molar-refractivity contribution < 1.29 is 9.53 Å². The number of amides is 1. The first-order valence-electron chi connectivity index (χ1n) is 8.30. The Balaban J connectivity index is 1.51. The van der Waals surface area contributed by atoms with Crippen LogP contribution in [0.3, 0.4) is 0 Å². The molecule has 1 aromatic heterocycles. The average molecular weight is 325 g/mol. The molecule has 1 aliphatic rings. The molecule has 0 spiro atoms. The quantitative estimate of drug-likeness (QED) is 0.915. The maximum atomic E-state index is 12.1. The molecule has 0 atom stereocenters.